The summed E-state index contributed by atoms with van der Waals surface area (Å²) in [6, 6.07) is 0. The topological polar surface area (TPSA) is 69.9 Å². The molecule has 68 valence electrons. The van der Waals surface area contributed by atoms with Gasteiger partial charge in [-0.2, -0.15) is 0 Å². The summed E-state index contributed by atoms with van der Waals surface area (Å²) >= 11 is 0. The van der Waals surface area contributed by atoms with Gasteiger partial charge in [-0.1, -0.05) is 26.2 Å². The van der Waals surface area contributed by atoms with Crippen molar-refractivity contribution in [1.29, 1.82) is 0 Å². The van der Waals surface area contributed by atoms with E-state index in [4.69, 9.17) is 15.3 Å². The van der Waals surface area contributed by atoms with E-state index in [-0.39, 0.29) is 6.61 Å². The second kappa shape index (κ2) is 5.49. The molecule has 0 aromatic rings. The summed E-state index contributed by atoms with van der Waals surface area (Å²) in [7, 11) is 0. The van der Waals surface area contributed by atoms with Crippen molar-refractivity contribution in [3.8, 4) is 0 Å². The van der Waals surface area contributed by atoms with E-state index in [1.54, 1.807) is 0 Å². The van der Waals surface area contributed by atoms with E-state index in [1.165, 1.54) is 0 Å². The standard InChI is InChI=1S/C7H16O4/c1-2-3-4-5-6-11-7(8,9)10/h8-10H,2-6H2,1H3. The zero-order chi connectivity index (χ0) is 8.74. The molecule has 0 atom stereocenters. The molecule has 0 saturated heterocycles. The Kier molecular flexibility index (Phi) is 5.41. The molecule has 0 amide bonds. The molecule has 0 fully saturated rings. The number of ether oxygens (including phenoxy) is 1. The molecule has 0 aromatic carbocycles. The summed E-state index contributed by atoms with van der Waals surface area (Å²) in [6.45, 7) is 2.25. The molecule has 0 bridgehead atoms. The van der Waals surface area contributed by atoms with E-state index in [2.05, 4.69) is 11.7 Å². The summed E-state index contributed by atoms with van der Waals surface area (Å²) < 4.78 is 4.24. The normalized spacial score (nSPS) is 12.0. The lowest BCUT2D eigenvalue weighted by Gasteiger charge is -2.13. The zero-order valence-corrected chi connectivity index (χ0v) is 6.79. The van der Waals surface area contributed by atoms with E-state index >= 15 is 0 Å². The molecule has 0 aliphatic rings. The lowest BCUT2D eigenvalue weighted by atomic mass is 10.2. The van der Waals surface area contributed by atoms with Gasteiger partial charge in [0.2, 0.25) is 0 Å². The van der Waals surface area contributed by atoms with Crippen molar-refractivity contribution < 1.29 is 20.1 Å². The zero-order valence-electron chi connectivity index (χ0n) is 6.79. The van der Waals surface area contributed by atoms with Crippen LogP contribution >= 0.6 is 0 Å². The monoisotopic (exact) mass is 164 g/mol. The van der Waals surface area contributed by atoms with Crippen LogP contribution in [0.4, 0.5) is 0 Å². The van der Waals surface area contributed by atoms with Crippen molar-refractivity contribution in [1.82, 2.24) is 0 Å². The van der Waals surface area contributed by atoms with Gasteiger partial charge in [-0.05, 0) is 6.42 Å². The van der Waals surface area contributed by atoms with Crippen LogP contribution in [0, 0.1) is 0 Å². The van der Waals surface area contributed by atoms with Crippen LogP contribution in [-0.4, -0.2) is 28.1 Å². The van der Waals surface area contributed by atoms with Crippen molar-refractivity contribution in [3.63, 3.8) is 0 Å². The highest BCUT2D eigenvalue weighted by Gasteiger charge is 2.17. The minimum Gasteiger partial charge on any atom is -0.319 e. The molecule has 0 aromatic heterocycles. The fraction of sp³-hybridized carbons (Fsp3) is 1.00. The highest BCUT2D eigenvalue weighted by atomic mass is 16.9. The Morgan fingerprint density at radius 1 is 1.09 bits per heavy atom. The minimum absolute atomic E-state index is 0.170. The predicted molar refractivity (Wildman–Crippen MR) is 39.5 cm³/mol. The summed E-state index contributed by atoms with van der Waals surface area (Å²) in [4.78, 5) is 0. The fourth-order valence-electron chi connectivity index (χ4n) is 0.738. The average molecular weight is 164 g/mol. The molecular weight excluding hydrogens is 148 g/mol. The van der Waals surface area contributed by atoms with Crippen LogP contribution in [0.2, 0.25) is 0 Å². The van der Waals surface area contributed by atoms with E-state index in [0.29, 0.717) is 0 Å². The number of rotatable bonds is 6. The van der Waals surface area contributed by atoms with Crippen molar-refractivity contribution in [2.24, 2.45) is 0 Å². The maximum absolute atomic E-state index is 8.26. The van der Waals surface area contributed by atoms with Crippen LogP contribution < -0.4 is 0 Å². The van der Waals surface area contributed by atoms with Crippen molar-refractivity contribution in [2.75, 3.05) is 6.61 Å². The Balaban J connectivity index is 3.02. The molecule has 4 heteroatoms. The van der Waals surface area contributed by atoms with Gasteiger partial charge in [0.25, 0.3) is 0 Å². The van der Waals surface area contributed by atoms with Gasteiger partial charge < -0.3 is 20.1 Å². The molecule has 3 N–H and O–H groups in total. The van der Waals surface area contributed by atoms with Gasteiger partial charge in [-0.25, -0.2) is 0 Å². The molecule has 0 aliphatic heterocycles. The van der Waals surface area contributed by atoms with Crippen LogP contribution in [0.3, 0.4) is 0 Å². The maximum Gasteiger partial charge on any atom is 0.404 e. The summed E-state index contributed by atoms with van der Waals surface area (Å²) in [5, 5.41) is 24.8. The first-order valence-corrected chi connectivity index (χ1v) is 3.87. The van der Waals surface area contributed by atoms with Crippen LogP contribution in [0.25, 0.3) is 0 Å². The number of hydrogen-bond donors (Lipinski definition) is 3. The largest absolute Gasteiger partial charge is 0.404 e. The SMILES string of the molecule is CCCCCCOC(O)(O)O. The molecule has 0 aliphatic carbocycles. The van der Waals surface area contributed by atoms with Gasteiger partial charge in [0.05, 0.1) is 6.61 Å². The number of hydrogen-bond acceptors (Lipinski definition) is 4. The third-order valence-corrected chi connectivity index (χ3v) is 1.29. The lowest BCUT2D eigenvalue weighted by Crippen LogP contribution is -2.31. The molecule has 4 nitrogen and oxygen atoms in total. The van der Waals surface area contributed by atoms with E-state index in [9.17, 15) is 0 Å². The average Bonchev–Trinajstić information content (AvgIpc) is 1.85. The number of unbranched alkanes of at least 4 members (excludes halogenated alkanes) is 3. The smallest absolute Gasteiger partial charge is 0.319 e. The molecule has 0 radical (unpaired) electrons. The van der Waals surface area contributed by atoms with Crippen LogP contribution in [0.1, 0.15) is 32.6 Å². The second-order valence-corrected chi connectivity index (χ2v) is 2.48. The molecular formula is C7H16O4. The third kappa shape index (κ3) is 9.84. The van der Waals surface area contributed by atoms with E-state index < -0.39 is 6.16 Å². The van der Waals surface area contributed by atoms with Gasteiger partial charge in [-0.3, -0.25) is 0 Å². The molecule has 0 saturated carbocycles. The Morgan fingerprint density at radius 3 is 2.18 bits per heavy atom. The first-order chi connectivity index (χ1) is 5.06. The second-order valence-electron chi connectivity index (χ2n) is 2.48. The Morgan fingerprint density at radius 2 is 1.73 bits per heavy atom. The highest BCUT2D eigenvalue weighted by Crippen LogP contribution is 2.02. The molecule has 0 spiro atoms. The van der Waals surface area contributed by atoms with Crippen LogP contribution in [-0.2, 0) is 4.74 Å². The van der Waals surface area contributed by atoms with E-state index in [1.807, 2.05) is 0 Å². The van der Waals surface area contributed by atoms with Gasteiger partial charge in [0.15, 0.2) is 0 Å². The predicted octanol–water partition coefficient (Wildman–Crippen LogP) is 0.171. The Labute approximate surface area is 66.4 Å². The molecule has 0 heterocycles. The molecule has 0 unspecified atom stereocenters. The van der Waals surface area contributed by atoms with Crippen LogP contribution in [0.5, 0.6) is 0 Å². The summed E-state index contributed by atoms with van der Waals surface area (Å²) in [6.07, 6.45) is 0.969. The van der Waals surface area contributed by atoms with Gasteiger partial charge in [-0.15, -0.1) is 0 Å². The van der Waals surface area contributed by atoms with Crippen LogP contribution in [0.15, 0.2) is 0 Å². The van der Waals surface area contributed by atoms with Crippen molar-refractivity contribution in [3.05, 3.63) is 0 Å². The summed E-state index contributed by atoms with van der Waals surface area (Å²) in [5.41, 5.74) is 0. The first kappa shape index (κ1) is 10.8. The first-order valence-electron chi connectivity index (χ1n) is 3.87. The quantitative estimate of drug-likeness (QED) is 0.386. The summed E-state index contributed by atoms with van der Waals surface area (Å²) in [5.74, 6) is 0. The lowest BCUT2D eigenvalue weighted by molar-refractivity contribution is -0.454. The highest BCUT2D eigenvalue weighted by molar-refractivity contribution is 4.39. The minimum atomic E-state index is -2.95. The van der Waals surface area contributed by atoms with Gasteiger partial charge >= 0.3 is 6.16 Å². The molecule has 11 heavy (non-hydrogen) atoms. The Bertz CT molecular complexity index is 86.9. The maximum atomic E-state index is 8.26. The van der Waals surface area contributed by atoms with Gasteiger partial charge in [0, 0.05) is 0 Å². The Hall–Kier alpha value is -0.160. The van der Waals surface area contributed by atoms with Crippen molar-refractivity contribution in [2.45, 2.75) is 38.8 Å². The fourth-order valence-corrected chi connectivity index (χ4v) is 0.738. The van der Waals surface area contributed by atoms with E-state index in [0.717, 1.165) is 25.7 Å². The van der Waals surface area contributed by atoms with Gasteiger partial charge in [0.1, 0.15) is 0 Å². The third-order valence-electron chi connectivity index (χ3n) is 1.29. The van der Waals surface area contributed by atoms with Crippen molar-refractivity contribution >= 4 is 0 Å². The number of aliphatic hydroxyl groups is 3. The molecule has 0 rings (SSSR count).